The fourth-order valence-electron chi connectivity index (χ4n) is 4.86. The highest BCUT2D eigenvalue weighted by Crippen LogP contribution is 2.35. The van der Waals surface area contributed by atoms with E-state index in [-0.39, 0.29) is 12.3 Å². The molecule has 0 saturated heterocycles. The second kappa shape index (κ2) is 12.0. The van der Waals surface area contributed by atoms with Crippen molar-refractivity contribution in [3.05, 3.63) is 142 Å². The Bertz CT molecular complexity index is 1590. The second-order valence-electron chi connectivity index (χ2n) is 9.68. The summed E-state index contributed by atoms with van der Waals surface area (Å²) in [5, 5.41) is 0.453. The van der Waals surface area contributed by atoms with Gasteiger partial charge in [0.05, 0.1) is 16.3 Å². The SMILES string of the molecule is O=C(CC(c1cccc(C(F)(F)F)c1)c1cnc2ccc(Cl)cn12)N(CCc1ccccc1)Cc1ccccc1. The van der Waals surface area contributed by atoms with Crippen LogP contribution in [0, 0.1) is 0 Å². The van der Waals surface area contributed by atoms with Gasteiger partial charge in [-0.05, 0) is 41.3 Å². The molecule has 5 aromatic rings. The number of benzene rings is 3. The predicted octanol–water partition coefficient (Wildman–Crippen LogP) is 7.80. The summed E-state index contributed by atoms with van der Waals surface area (Å²) in [6, 6.07) is 28.1. The van der Waals surface area contributed by atoms with Crippen LogP contribution < -0.4 is 0 Å². The molecule has 2 heterocycles. The minimum absolute atomic E-state index is 0.0385. The van der Waals surface area contributed by atoms with E-state index in [2.05, 4.69) is 4.98 Å². The number of halogens is 4. The van der Waals surface area contributed by atoms with E-state index in [1.165, 1.54) is 6.07 Å². The van der Waals surface area contributed by atoms with E-state index in [4.69, 9.17) is 11.6 Å². The Morgan fingerprint density at radius 1 is 0.900 bits per heavy atom. The van der Waals surface area contributed by atoms with Gasteiger partial charge in [-0.3, -0.25) is 4.79 Å². The molecule has 3 aromatic carbocycles. The molecule has 2 aromatic heterocycles. The van der Waals surface area contributed by atoms with Crippen molar-refractivity contribution < 1.29 is 18.0 Å². The van der Waals surface area contributed by atoms with Gasteiger partial charge >= 0.3 is 6.18 Å². The van der Waals surface area contributed by atoms with Gasteiger partial charge < -0.3 is 9.30 Å². The molecule has 40 heavy (non-hydrogen) atoms. The molecule has 0 fully saturated rings. The van der Waals surface area contributed by atoms with Crippen LogP contribution in [0.25, 0.3) is 5.65 Å². The summed E-state index contributed by atoms with van der Waals surface area (Å²) in [5.41, 5.74) is 2.87. The maximum absolute atomic E-state index is 14.0. The number of hydrogen-bond donors (Lipinski definition) is 0. The minimum atomic E-state index is -4.51. The summed E-state index contributed by atoms with van der Waals surface area (Å²) in [5.74, 6) is -0.850. The van der Waals surface area contributed by atoms with Gasteiger partial charge in [-0.1, -0.05) is 90.5 Å². The molecule has 0 bridgehead atoms. The van der Waals surface area contributed by atoms with E-state index in [0.717, 1.165) is 23.3 Å². The Morgan fingerprint density at radius 2 is 1.60 bits per heavy atom. The summed E-state index contributed by atoms with van der Waals surface area (Å²) >= 11 is 6.26. The fourth-order valence-corrected chi connectivity index (χ4v) is 5.03. The first-order valence-electron chi connectivity index (χ1n) is 12.9. The quantitative estimate of drug-likeness (QED) is 0.184. The average molecular weight is 562 g/mol. The maximum Gasteiger partial charge on any atom is 0.416 e. The zero-order valence-electron chi connectivity index (χ0n) is 21.6. The van der Waals surface area contributed by atoms with Crippen LogP contribution in [0.1, 0.15) is 40.3 Å². The number of amides is 1. The summed E-state index contributed by atoms with van der Waals surface area (Å²) < 4.78 is 42.7. The van der Waals surface area contributed by atoms with Crippen molar-refractivity contribution in [2.75, 3.05) is 6.54 Å². The Kier molecular flexibility index (Phi) is 8.21. The zero-order valence-corrected chi connectivity index (χ0v) is 22.3. The molecule has 0 spiro atoms. The standard InChI is InChI=1S/C32H27ClF3N3O/c33-27-14-15-30-37-20-29(39(30)22-27)28(25-12-7-13-26(18-25)32(34,35)36)19-31(40)38(21-24-10-5-2-6-11-24)17-16-23-8-3-1-4-9-23/h1-15,18,20,22,28H,16-17,19,21H2. The molecule has 8 heteroatoms. The third kappa shape index (κ3) is 6.54. The molecule has 1 amide bonds. The first-order chi connectivity index (χ1) is 19.3. The molecule has 1 unspecified atom stereocenters. The van der Waals surface area contributed by atoms with Crippen molar-refractivity contribution in [2.45, 2.75) is 31.5 Å². The number of imidazole rings is 1. The lowest BCUT2D eigenvalue weighted by molar-refractivity contribution is -0.137. The van der Waals surface area contributed by atoms with Crippen molar-refractivity contribution in [1.82, 2.24) is 14.3 Å². The zero-order chi connectivity index (χ0) is 28.1. The summed E-state index contributed by atoms with van der Waals surface area (Å²) in [4.78, 5) is 20.2. The number of pyridine rings is 1. The van der Waals surface area contributed by atoms with Gasteiger partial charge in [0.2, 0.25) is 5.91 Å². The van der Waals surface area contributed by atoms with Crippen LogP contribution in [0.3, 0.4) is 0 Å². The van der Waals surface area contributed by atoms with E-state index in [1.807, 2.05) is 60.7 Å². The van der Waals surface area contributed by atoms with Crippen molar-refractivity contribution in [2.24, 2.45) is 0 Å². The number of fused-ring (bicyclic) bond motifs is 1. The minimum Gasteiger partial charge on any atom is -0.338 e. The van der Waals surface area contributed by atoms with Gasteiger partial charge in [0, 0.05) is 37.8 Å². The summed E-state index contributed by atoms with van der Waals surface area (Å²) in [6.07, 6.45) is -0.624. The molecule has 5 rings (SSSR count). The Morgan fingerprint density at radius 3 is 2.30 bits per heavy atom. The molecule has 1 atom stereocenters. The van der Waals surface area contributed by atoms with E-state index >= 15 is 0 Å². The molecule has 0 N–H and O–H groups in total. The van der Waals surface area contributed by atoms with Crippen molar-refractivity contribution in [1.29, 1.82) is 0 Å². The van der Waals surface area contributed by atoms with Gasteiger partial charge in [0.25, 0.3) is 0 Å². The Labute approximate surface area is 235 Å². The van der Waals surface area contributed by atoms with Crippen molar-refractivity contribution >= 4 is 23.2 Å². The molecular weight excluding hydrogens is 535 g/mol. The molecule has 4 nitrogen and oxygen atoms in total. The van der Waals surface area contributed by atoms with E-state index < -0.39 is 17.7 Å². The number of alkyl halides is 3. The van der Waals surface area contributed by atoms with Crippen LogP contribution in [-0.4, -0.2) is 26.7 Å². The lowest BCUT2D eigenvalue weighted by Crippen LogP contribution is -2.33. The van der Waals surface area contributed by atoms with Crippen LogP contribution in [0.2, 0.25) is 5.02 Å². The molecule has 0 radical (unpaired) electrons. The molecule has 204 valence electrons. The Hall–Kier alpha value is -4.10. The van der Waals surface area contributed by atoms with Gasteiger partial charge in [-0.2, -0.15) is 13.2 Å². The smallest absolute Gasteiger partial charge is 0.338 e. The van der Waals surface area contributed by atoms with Crippen LogP contribution >= 0.6 is 11.6 Å². The highest BCUT2D eigenvalue weighted by molar-refractivity contribution is 6.30. The van der Waals surface area contributed by atoms with Crippen molar-refractivity contribution in [3.8, 4) is 0 Å². The van der Waals surface area contributed by atoms with E-state index in [0.29, 0.717) is 41.4 Å². The lowest BCUT2D eigenvalue weighted by Gasteiger charge is -2.26. The number of aromatic nitrogens is 2. The first-order valence-corrected chi connectivity index (χ1v) is 13.3. The van der Waals surface area contributed by atoms with Crippen LogP contribution in [-0.2, 0) is 23.9 Å². The number of nitrogens with zero attached hydrogens (tertiary/aromatic N) is 3. The summed E-state index contributed by atoms with van der Waals surface area (Å²) in [7, 11) is 0. The van der Waals surface area contributed by atoms with E-state index in [9.17, 15) is 18.0 Å². The highest BCUT2D eigenvalue weighted by atomic mass is 35.5. The number of rotatable bonds is 9. The molecule has 0 aliphatic rings. The molecule has 0 saturated carbocycles. The normalized spacial score (nSPS) is 12.4. The summed E-state index contributed by atoms with van der Waals surface area (Å²) in [6.45, 7) is 0.854. The van der Waals surface area contributed by atoms with Gasteiger partial charge in [0.1, 0.15) is 5.65 Å². The largest absolute Gasteiger partial charge is 0.416 e. The van der Waals surface area contributed by atoms with Crippen LogP contribution in [0.5, 0.6) is 0 Å². The second-order valence-corrected chi connectivity index (χ2v) is 10.1. The first kappa shape index (κ1) is 27.5. The van der Waals surface area contributed by atoms with Gasteiger partial charge in [-0.15, -0.1) is 0 Å². The fraction of sp³-hybridized carbons (Fsp3) is 0.188. The van der Waals surface area contributed by atoms with Gasteiger partial charge in [0.15, 0.2) is 0 Å². The number of carbonyl (C=O) groups excluding carboxylic acids is 1. The molecule has 0 aliphatic carbocycles. The number of carbonyl (C=O) groups is 1. The van der Waals surface area contributed by atoms with Crippen LogP contribution in [0.15, 0.2) is 109 Å². The predicted molar refractivity (Wildman–Crippen MR) is 150 cm³/mol. The maximum atomic E-state index is 14.0. The molecular formula is C32H27ClF3N3O. The highest BCUT2D eigenvalue weighted by Gasteiger charge is 2.32. The van der Waals surface area contributed by atoms with E-state index in [1.54, 1.807) is 39.9 Å². The Balaban J connectivity index is 1.51. The third-order valence-corrected chi connectivity index (χ3v) is 7.16. The van der Waals surface area contributed by atoms with Gasteiger partial charge in [-0.25, -0.2) is 4.98 Å². The van der Waals surface area contributed by atoms with Crippen molar-refractivity contribution in [3.63, 3.8) is 0 Å². The monoisotopic (exact) mass is 561 g/mol. The lowest BCUT2D eigenvalue weighted by atomic mass is 9.90. The number of hydrogen-bond acceptors (Lipinski definition) is 2. The topological polar surface area (TPSA) is 37.6 Å². The third-order valence-electron chi connectivity index (χ3n) is 6.93. The average Bonchev–Trinajstić information content (AvgIpc) is 3.37. The molecule has 0 aliphatic heterocycles. The van der Waals surface area contributed by atoms with Crippen LogP contribution in [0.4, 0.5) is 13.2 Å².